The minimum Gasteiger partial charge on any atom is -0.486 e. The molecule has 2 rings (SSSR count). The summed E-state index contributed by atoms with van der Waals surface area (Å²) in [7, 11) is 0. The van der Waals surface area contributed by atoms with Gasteiger partial charge in [-0.3, -0.25) is 0 Å². The lowest BCUT2D eigenvalue weighted by molar-refractivity contribution is 0.287. The molecular weight excluding hydrogens is 242 g/mol. The second-order valence-electron chi connectivity index (χ2n) is 3.77. The van der Waals surface area contributed by atoms with Gasteiger partial charge in [0.15, 0.2) is 5.82 Å². The van der Waals surface area contributed by atoms with Crippen molar-refractivity contribution in [3.8, 4) is 17.6 Å². The molecule has 0 atom stereocenters. The van der Waals surface area contributed by atoms with Crippen LogP contribution in [0.15, 0.2) is 30.6 Å². The molecule has 0 unspecified atom stereocenters. The van der Waals surface area contributed by atoms with Crippen molar-refractivity contribution in [3.05, 3.63) is 42.0 Å². The van der Waals surface area contributed by atoms with E-state index in [0.29, 0.717) is 6.61 Å². The molecule has 2 aromatic rings. The van der Waals surface area contributed by atoms with E-state index in [1.807, 2.05) is 31.2 Å². The molecule has 0 saturated heterocycles. The maximum absolute atomic E-state index is 8.66. The summed E-state index contributed by atoms with van der Waals surface area (Å²) >= 11 is 0. The Morgan fingerprint density at radius 3 is 3.11 bits per heavy atom. The minimum absolute atomic E-state index is 0.148. The van der Waals surface area contributed by atoms with Gasteiger partial charge >= 0.3 is 0 Å². The van der Waals surface area contributed by atoms with Gasteiger partial charge in [-0.05, 0) is 25.1 Å². The van der Waals surface area contributed by atoms with Gasteiger partial charge in [0.25, 0.3) is 0 Å². The highest BCUT2D eigenvalue weighted by atomic mass is 16.5. The Morgan fingerprint density at radius 1 is 1.42 bits per heavy atom. The van der Waals surface area contributed by atoms with Gasteiger partial charge in [0.2, 0.25) is 0 Å². The molecule has 0 radical (unpaired) electrons. The SMILES string of the molecule is CCn1ncnc1COc1cccc(C#CCO)c1. The number of aliphatic hydroxyl groups excluding tert-OH is 1. The first kappa shape index (κ1) is 13.1. The lowest BCUT2D eigenvalue weighted by Gasteiger charge is -2.06. The number of aliphatic hydroxyl groups is 1. The number of aromatic nitrogens is 3. The lowest BCUT2D eigenvalue weighted by atomic mass is 10.2. The van der Waals surface area contributed by atoms with Crippen LogP contribution in [0.1, 0.15) is 18.3 Å². The van der Waals surface area contributed by atoms with Crippen LogP contribution < -0.4 is 4.74 Å². The normalized spacial score (nSPS) is 9.79. The molecule has 1 heterocycles. The Morgan fingerprint density at radius 2 is 2.32 bits per heavy atom. The molecule has 1 aromatic carbocycles. The zero-order valence-corrected chi connectivity index (χ0v) is 10.7. The van der Waals surface area contributed by atoms with Crippen LogP contribution in [-0.4, -0.2) is 26.5 Å². The highest BCUT2D eigenvalue weighted by Gasteiger charge is 2.03. The third kappa shape index (κ3) is 3.57. The molecule has 0 fully saturated rings. The van der Waals surface area contributed by atoms with Crippen molar-refractivity contribution in [2.24, 2.45) is 0 Å². The van der Waals surface area contributed by atoms with Gasteiger partial charge in [0.05, 0.1) is 0 Å². The number of rotatable bonds is 4. The molecule has 0 saturated carbocycles. The van der Waals surface area contributed by atoms with E-state index >= 15 is 0 Å². The number of benzene rings is 1. The molecule has 1 aromatic heterocycles. The van der Waals surface area contributed by atoms with Gasteiger partial charge in [0, 0.05) is 12.1 Å². The van der Waals surface area contributed by atoms with Crippen molar-refractivity contribution >= 4 is 0 Å². The molecule has 1 N–H and O–H groups in total. The molecule has 19 heavy (non-hydrogen) atoms. The van der Waals surface area contributed by atoms with Crippen molar-refractivity contribution in [1.82, 2.24) is 14.8 Å². The van der Waals surface area contributed by atoms with E-state index in [0.717, 1.165) is 23.7 Å². The zero-order chi connectivity index (χ0) is 13.5. The predicted molar refractivity (Wildman–Crippen MR) is 70.4 cm³/mol. The van der Waals surface area contributed by atoms with E-state index in [1.54, 1.807) is 4.68 Å². The molecule has 0 aliphatic heterocycles. The maximum atomic E-state index is 8.66. The predicted octanol–water partition coefficient (Wildman–Crippen LogP) is 1.22. The van der Waals surface area contributed by atoms with Crippen LogP contribution in [0.5, 0.6) is 5.75 Å². The van der Waals surface area contributed by atoms with Gasteiger partial charge < -0.3 is 9.84 Å². The summed E-state index contributed by atoms with van der Waals surface area (Å²) in [4.78, 5) is 4.14. The van der Waals surface area contributed by atoms with Crippen LogP contribution in [0.3, 0.4) is 0 Å². The maximum Gasteiger partial charge on any atom is 0.164 e. The van der Waals surface area contributed by atoms with Crippen molar-refractivity contribution in [2.75, 3.05) is 6.61 Å². The fourth-order valence-corrected chi connectivity index (χ4v) is 1.62. The van der Waals surface area contributed by atoms with E-state index in [2.05, 4.69) is 21.9 Å². The van der Waals surface area contributed by atoms with Crippen LogP contribution in [0, 0.1) is 11.8 Å². The summed E-state index contributed by atoms with van der Waals surface area (Å²) in [5.41, 5.74) is 0.809. The third-order valence-electron chi connectivity index (χ3n) is 2.51. The number of ether oxygens (including phenoxy) is 1. The minimum atomic E-state index is -0.148. The number of aryl methyl sites for hydroxylation is 1. The van der Waals surface area contributed by atoms with Gasteiger partial charge in [-0.25, -0.2) is 9.67 Å². The first-order valence-electron chi connectivity index (χ1n) is 6.02. The molecule has 0 aliphatic carbocycles. The van der Waals surface area contributed by atoms with Crippen LogP contribution in [0.25, 0.3) is 0 Å². The van der Waals surface area contributed by atoms with E-state index in [9.17, 15) is 0 Å². The molecule has 0 bridgehead atoms. The molecule has 0 aliphatic rings. The van der Waals surface area contributed by atoms with Gasteiger partial charge in [-0.15, -0.1) is 0 Å². The highest BCUT2D eigenvalue weighted by molar-refractivity contribution is 5.39. The summed E-state index contributed by atoms with van der Waals surface area (Å²) in [5, 5.41) is 12.7. The third-order valence-corrected chi connectivity index (χ3v) is 2.51. The zero-order valence-electron chi connectivity index (χ0n) is 10.7. The summed E-state index contributed by atoms with van der Waals surface area (Å²) in [6, 6.07) is 7.41. The molecule has 0 spiro atoms. The number of hydrogen-bond acceptors (Lipinski definition) is 4. The van der Waals surface area contributed by atoms with Crippen molar-refractivity contribution in [1.29, 1.82) is 0 Å². The van der Waals surface area contributed by atoms with Crippen LogP contribution >= 0.6 is 0 Å². The average Bonchev–Trinajstić information content (AvgIpc) is 2.91. The Kier molecular flexibility index (Phi) is 4.54. The molecular formula is C14H15N3O2. The topological polar surface area (TPSA) is 60.2 Å². The van der Waals surface area contributed by atoms with E-state index in [4.69, 9.17) is 9.84 Å². The van der Waals surface area contributed by atoms with Crippen molar-refractivity contribution in [3.63, 3.8) is 0 Å². The highest BCUT2D eigenvalue weighted by Crippen LogP contribution is 2.14. The largest absolute Gasteiger partial charge is 0.486 e. The fraction of sp³-hybridized carbons (Fsp3) is 0.286. The standard InChI is InChI=1S/C14H15N3O2/c1-2-17-14(15-11-16-17)10-19-13-7-3-5-12(9-13)6-4-8-18/h3,5,7,9,11,18H,2,8,10H2,1H3. The number of nitrogens with zero attached hydrogens (tertiary/aromatic N) is 3. The van der Waals surface area contributed by atoms with Crippen LogP contribution in [0.4, 0.5) is 0 Å². The molecule has 98 valence electrons. The van der Waals surface area contributed by atoms with Crippen LogP contribution in [-0.2, 0) is 13.2 Å². The van der Waals surface area contributed by atoms with Gasteiger partial charge in [-0.1, -0.05) is 17.9 Å². The average molecular weight is 257 g/mol. The van der Waals surface area contributed by atoms with E-state index in [1.165, 1.54) is 6.33 Å². The van der Waals surface area contributed by atoms with Gasteiger partial charge in [0.1, 0.15) is 25.3 Å². The monoisotopic (exact) mass is 257 g/mol. The number of hydrogen-bond donors (Lipinski definition) is 1. The summed E-state index contributed by atoms with van der Waals surface area (Å²) < 4.78 is 7.45. The molecule has 5 nitrogen and oxygen atoms in total. The quantitative estimate of drug-likeness (QED) is 0.837. The van der Waals surface area contributed by atoms with E-state index < -0.39 is 0 Å². The smallest absolute Gasteiger partial charge is 0.164 e. The first-order valence-corrected chi connectivity index (χ1v) is 6.02. The van der Waals surface area contributed by atoms with Gasteiger partial charge in [-0.2, -0.15) is 5.10 Å². The second-order valence-corrected chi connectivity index (χ2v) is 3.77. The Hall–Kier alpha value is -2.32. The lowest BCUT2D eigenvalue weighted by Crippen LogP contribution is -2.07. The fourth-order valence-electron chi connectivity index (χ4n) is 1.62. The first-order chi connectivity index (χ1) is 9.33. The Bertz CT molecular complexity index is 596. The summed E-state index contributed by atoms with van der Waals surface area (Å²) in [6.45, 7) is 2.99. The molecule has 5 heteroatoms. The summed E-state index contributed by atoms with van der Waals surface area (Å²) in [5.74, 6) is 6.94. The van der Waals surface area contributed by atoms with E-state index in [-0.39, 0.29) is 6.61 Å². The Balaban J connectivity index is 2.03. The Labute approximate surface area is 111 Å². The van der Waals surface area contributed by atoms with Crippen molar-refractivity contribution in [2.45, 2.75) is 20.1 Å². The molecule has 0 amide bonds. The van der Waals surface area contributed by atoms with Crippen molar-refractivity contribution < 1.29 is 9.84 Å². The second kappa shape index (κ2) is 6.57. The summed E-state index contributed by atoms with van der Waals surface area (Å²) in [6.07, 6.45) is 1.52. The van der Waals surface area contributed by atoms with Crippen LogP contribution in [0.2, 0.25) is 0 Å².